The van der Waals surface area contributed by atoms with Crippen molar-refractivity contribution in [3.63, 3.8) is 0 Å². The van der Waals surface area contributed by atoms with Crippen LogP contribution in [0.3, 0.4) is 0 Å². The Hall–Kier alpha value is -3.14. The summed E-state index contributed by atoms with van der Waals surface area (Å²) in [7, 11) is 0. The third-order valence-electron chi connectivity index (χ3n) is 6.65. The first kappa shape index (κ1) is 22.6. The lowest BCUT2D eigenvalue weighted by atomic mass is 9.99. The molecule has 3 N–H and O–H groups in total. The van der Waals surface area contributed by atoms with Gasteiger partial charge in [-0.3, -0.25) is 14.8 Å². The topological polar surface area (TPSA) is 82.3 Å². The monoisotopic (exact) mass is 467 g/mol. The number of aromatic nitrogens is 2. The molecule has 178 valence electrons. The molecule has 0 spiro atoms. The summed E-state index contributed by atoms with van der Waals surface area (Å²) in [4.78, 5) is 15.3. The van der Waals surface area contributed by atoms with Crippen LogP contribution in [-0.2, 0) is 23.4 Å². The molecule has 2 aliphatic heterocycles. The SMILES string of the molecule is CC1(C)c2[nH]nc(NC(=O)c3ccccc3C3COCCN3)c2CN1Cc1cc(F)cc(F)c1. The second-order valence-electron chi connectivity index (χ2n) is 9.24. The van der Waals surface area contributed by atoms with Crippen molar-refractivity contribution in [3.8, 4) is 0 Å². The minimum absolute atomic E-state index is 0.0540. The molecular weight excluding hydrogens is 440 g/mol. The zero-order chi connectivity index (χ0) is 23.9. The van der Waals surface area contributed by atoms with Crippen LogP contribution in [0.5, 0.6) is 0 Å². The Morgan fingerprint density at radius 2 is 2.00 bits per heavy atom. The van der Waals surface area contributed by atoms with Gasteiger partial charge in [-0.2, -0.15) is 5.10 Å². The summed E-state index contributed by atoms with van der Waals surface area (Å²) >= 11 is 0. The first-order chi connectivity index (χ1) is 16.3. The normalized spacial score (nSPS) is 19.7. The van der Waals surface area contributed by atoms with Crippen LogP contribution in [0.15, 0.2) is 42.5 Å². The fourth-order valence-corrected chi connectivity index (χ4v) is 4.80. The number of aromatic amines is 1. The highest BCUT2D eigenvalue weighted by Gasteiger charge is 2.41. The summed E-state index contributed by atoms with van der Waals surface area (Å²) in [6.07, 6.45) is 0. The molecule has 0 radical (unpaired) electrons. The molecule has 5 rings (SSSR count). The Bertz CT molecular complexity index is 1200. The number of carbonyl (C=O) groups excluding carboxylic acids is 1. The van der Waals surface area contributed by atoms with Crippen LogP contribution in [0, 0.1) is 11.6 Å². The molecule has 0 saturated carbocycles. The van der Waals surface area contributed by atoms with E-state index in [1.54, 1.807) is 6.07 Å². The molecule has 1 aromatic heterocycles. The highest BCUT2D eigenvalue weighted by molar-refractivity contribution is 6.05. The van der Waals surface area contributed by atoms with Crippen LogP contribution in [0.2, 0.25) is 0 Å². The van der Waals surface area contributed by atoms with Crippen molar-refractivity contribution in [1.29, 1.82) is 0 Å². The zero-order valence-corrected chi connectivity index (χ0v) is 19.1. The molecule has 1 unspecified atom stereocenters. The molecule has 7 nitrogen and oxygen atoms in total. The summed E-state index contributed by atoms with van der Waals surface area (Å²) in [6, 6.07) is 11.0. The number of rotatable bonds is 5. The molecule has 1 amide bonds. The maximum Gasteiger partial charge on any atom is 0.257 e. The van der Waals surface area contributed by atoms with E-state index in [-0.39, 0.29) is 11.9 Å². The number of hydrogen-bond donors (Lipinski definition) is 3. The molecule has 0 bridgehead atoms. The summed E-state index contributed by atoms with van der Waals surface area (Å²) in [5.41, 5.74) is 3.26. The van der Waals surface area contributed by atoms with Crippen molar-refractivity contribution in [3.05, 3.63) is 82.0 Å². The van der Waals surface area contributed by atoms with E-state index in [9.17, 15) is 13.6 Å². The molecule has 2 aromatic carbocycles. The Morgan fingerprint density at radius 3 is 2.74 bits per heavy atom. The molecule has 9 heteroatoms. The molecule has 3 heterocycles. The number of ether oxygens (including phenoxy) is 1. The van der Waals surface area contributed by atoms with Crippen molar-refractivity contribution in [2.24, 2.45) is 0 Å². The fourth-order valence-electron chi connectivity index (χ4n) is 4.80. The Balaban J connectivity index is 1.37. The van der Waals surface area contributed by atoms with Gasteiger partial charge in [-0.05, 0) is 43.2 Å². The lowest BCUT2D eigenvalue weighted by Gasteiger charge is -2.31. The average molecular weight is 468 g/mol. The van der Waals surface area contributed by atoms with Gasteiger partial charge >= 0.3 is 0 Å². The van der Waals surface area contributed by atoms with Crippen molar-refractivity contribution in [1.82, 2.24) is 20.4 Å². The van der Waals surface area contributed by atoms with Crippen LogP contribution in [-0.4, -0.2) is 40.8 Å². The summed E-state index contributed by atoms with van der Waals surface area (Å²) in [5.74, 6) is -0.988. The van der Waals surface area contributed by atoms with Gasteiger partial charge in [-0.15, -0.1) is 0 Å². The second-order valence-corrected chi connectivity index (χ2v) is 9.24. The Labute approximate surface area is 196 Å². The van der Waals surface area contributed by atoms with Gasteiger partial charge < -0.3 is 15.4 Å². The predicted molar refractivity (Wildman–Crippen MR) is 123 cm³/mol. The minimum Gasteiger partial charge on any atom is -0.378 e. The van der Waals surface area contributed by atoms with E-state index < -0.39 is 17.2 Å². The molecule has 2 aliphatic rings. The molecule has 0 aliphatic carbocycles. The Kier molecular flexibility index (Phi) is 5.93. The number of H-pyrrole nitrogens is 1. The third-order valence-corrected chi connectivity index (χ3v) is 6.65. The van der Waals surface area contributed by atoms with Gasteiger partial charge in [-0.25, -0.2) is 8.78 Å². The maximum atomic E-state index is 13.7. The van der Waals surface area contributed by atoms with Gasteiger partial charge in [0, 0.05) is 36.8 Å². The number of halogens is 2. The number of amides is 1. The van der Waals surface area contributed by atoms with E-state index in [0.717, 1.165) is 29.4 Å². The maximum absolute atomic E-state index is 13.7. The largest absolute Gasteiger partial charge is 0.378 e. The number of nitrogens with one attached hydrogen (secondary N) is 3. The number of anilines is 1. The molecule has 1 saturated heterocycles. The minimum atomic E-state index is -0.600. The van der Waals surface area contributed by atoms with E-state index in [1.807, 2.05) is 32.0 Å². The summed E-state index contributed by atoms with van der Waals surface area (Å²) in [6.45, 7) is 6.75. The van der Waals surface area contributed by atoms with Crippen molar-refractivity contribution in [2.75, 3.05) is 25.1 Å². The second kappa shape index (κ2) is 8.90. The quantitative estimate of drug-likeness (QED) is 0.531. The van der Waals surface area contributed by atoms with Crippen LogP contribution >= 0.6 is 0 Å². The summed E-state index contributed by atoms with van der Waals surface area (Å²) < 4.78 is 33.0. The number of nitrogens with zero attached hydrogens (tertiary/aromatic N) is 2. The van der Waals surface area contributed by atoms with Gasteiger partial charge in [0.2, 0.25) is 0 Å². The fraction of sp³-hybridized carbons (Fsp3) is 0.360. The van der Waals surface area contributed by atoms with Gasteiger partial charge in [0.25, 0.3) is 5.91 Å². The highest BCUT2D eigenvalue weighted by atomic mass is 19.1. The molecule has 3 aromatic rings. The lowest BCUT2D eigenvalue weighted by Crippen LogP contribution is -2.36. The zero-order valence-electron chi connectivity index (χ0n) is 19.1. The highest BCUT2D eigenvalue weighted by Crippen LogP contribution is 2.41. The number of hydrogen-bond acceptors (Lipinski definition) is 5. The first-order valence-corrected chi connectivity index (χ1v) is 11.3. The molecule has 1 fully saturated rings. The number of benzene rings is 2. The number of fused-ring (bicyclic) bond motifs is 1. The lowest BCUT2D eigenvalue weighted by molar-refractivity contribution is 0.0763. The average Bonchev–Trinajstić information content (AvgIpc) is 3.31. The third kappa shape index (κ3) is 4.22. The van der Waals surface area contributed by atoms with E-state index in [0.29, 0.717) is 43.2 Å². The van der Waals surface area contributed by atoms with Crippen molar-refractivity contribution >= 4 is 11.7 Å². The van der Waals surface area contributed by atoms with E-state index in [4.69, 9.17) is 4.74 Å². The van der Waals surface area contributed by atoms with E-state index in [2.05, 4.69) is 25.7 Å². The van der Waals surface area contributed by atoms with Gasteiger partial charge in [0.15, 0.2) is 5.82 Å². The van der Waals surface area contributed by atoms with Gasteiger partial charge in [-0.1, -0.05) is 18.2 Å². The van der Waals surface area contributed by atoms with Crippen LogP contribution in [0.25, 0.3) is 0 Å². The smallest absolute Gasteiger partial charge is 0.257 e. The first-order valence-electron chi connectivity index (χ1n) is 11.3. The van der Waals surface area contributed by atoms with Gasteiger partial charge in [0.1, 0.15) is 11.6 Å². The Morgan fingerprint density at radius 1 is 1.24 bits per heavy atom. The standard InChI is InChI=1S/C25H27F2N5O2/c1-25(2)22-20(13-32(25)12-15-9-16(26)11-17(27)10-15)23(31-30-22)29-24(33)19-6-4-3-5-18(19)21-14-34-8-7-28-21/h3-6,9-11,21,28H,7-8,12-14H2,1-2H3,(H2,29,30,31,33). The molecule has 34 heavy (non-hydrogen) atoms. The summed E-state index contributed by atoms with van der Waals surface area (Å²) in [5, 5.41) is 13.8. The number of carbonyl (C=O) groups is 1. The van der Waals surface area contributed by atoms with E-state index in [1.165, 1.54) is 12.1 Å². The number of morpholine rings is 1. The molecule has 1 atom stereocenters. The van der Waals surface area contributed by atoms with Gasteiger partial charge in [0.05, 0.1) is 30.5 Å². The van der Waals surface area contributed by atoms with E-state index >= 15 is 0 Å². The predicted octanol–water partition coefficient (Wildman–Crippen LogP) is 3.85. The van der Waals surface area contributed by atoms with Crippen LogP contribution < -0.4 is 10.6 Å². The van der Waals surface area contributed by atoms with Crippen LogP contribution in [0.1, 0.15) is 52.6 Å². The molecular formula is C25H27F2N5O2. The van der Waals surface area contributed by atoms with Crippen molar-refractivity contribution < 1.29 is 18.3 Å². The van der Waals surface area contributed by atoms with Crippen molar-refractivity contribution in [2.45, 2.75) is 38.5 Å². The van der Waals surface area contributed by atoms with Crippen LogP contribution in [0.4, 0.5) is 14.6 Å².